The largest absolute Gasteiger partial charge is 0.378 e. The molecule has 7 aromatic rings. The maximum Gasteiger partial charge on any atom is 0.0738 e. The quantitative estimate of drug-likeness (QED) is 0.181. The first-order valence-electron chi connectivity index (χ1n) is 18.9. The Morgan fingerprint density at radius 2 is 0.845 bits per heavy atom. The number of H-pyrrole nitrogens is 2. The Morgan fingerprint density at radius 1 is 0.448 bits per heavy atom. The van der Waals surface area contributed by atoms with Gasteiger partial charge in [0.15, 0.2) is 0 Å². The third-order valence-corrected chi connectivity index (χ3v) is 11.6. The average Bonchev–Trinajstić information content (AvgIpc) is 4.06. The van der Waals surface area contributed by atoms with Crippen molar-refractivity contribution in [3.05, 3.63) is 158 Å². The Hall–Kier alpha value is -5.60. The second-order valence-corrected chi connectivity index (χ2v) is 16.0. The van der Waals surface area contributed by atoms with E-state index in [1.807, 2.05) is 72.8 Å². The molecule has 3 aliphatic rings. The van der Waals surface area contributed by atoms with Crippen LogP contribution in [0.1, 0.15) is 22.8 Å². The van der Waals surface area contributed by atoms with E-state index in [1.54, 1.807) is 0 Å². The van der Waals surface area contributed by atoms with Crippen molar-refractivity contribution < 1.29 is 4.74 Å². The smallest absolute Gasteiger partial charge is 0.0738 e. The Balaban J connectivity index is 1.43. The molecule has 284 valence electrons. The first-order chi connectivity index (χ1) is 28.4. The summed E-state index contributed by atoms with van der Waals surface area (Å²) < 4.78 is 5.85. The van der Waals surface area contributed by atoms with Crippen LogP contribution in [0.25, 0.3) is 90.9 Å². The highest BCUT2D eigenvalue weighted by atomic mass is 35.5. The van der Waals surface area contributed by atoms with Crippen LogP contribution in [0.15, 0.2) is 115 Å². The zero-order valence-corrected chi connectivity index (χ0v) is 33.9. The SMILES string of the molecule is Clc1cccc(-c2c3nc(c(-c4cccc(Cl)c4)c4cc(N5CCOCC5)c([nH]4)c(-c4cccc(Cl)c4)c4nc(c(-c5cccc(Cl)c5)c5ccc2[nH]5)C=C4)C=C3)c1. The lowest BCUT2D eigenvalue weighted by Gasteiger charge is -2.28. The van der Waals surface area contributed by atoms with Crippen LogP contribution in [0.3, 0.4) is 0 Å². The van der Waals surface area contributed by atoms with Gasteiger partial charge in [0.05, 0.1) is 52.7 Å². The fourth-order valence-electron chi connectivity index (χ4n) is 8.11. The van der Waals surface area contributed by atoms with E-state index in [-0.39, 0.29) is 0 Å². The van der Waals surface area contributed by atoms with E-state index in [9.17, 15) is 0 Å². The third-order valence-electron chi connectivity index (χ3n) is 10.7. The number of benzene rings is 4. The van der Waals surface area contributed by atoms with Crippen molar-refractivity contribution in [3.63, 3.8) is 0 Å². The van der Waals surface area contributed by atoms with Crippen LogP contribution in [0.2, 0.25) is 20.1 Å². The monoisotopic (exact) mass is 835 g/mol. The predicted octanol–water partition coefficient (Wildman–Crippen LogP) is 13.8. The Labute approximate surface area is 355 Å². The summed E-state index contributed by atoms with van der Waals surface area (Å²) in [7, 11) is 0. The summed E-state index contributed by atoms with van der Waals surface area (Å²) in [6.45, 7) is 2.67. The van der Waals surface area contributed by atoms with Gasteiger partial charge in [0, 0.05) is 66.5 Å². The highest BCUT2D eigenvalue weighted by molar-refractivity contribution is 6.32. The van der Waals surface area contributed by atoms with E-state index >= 15 is 0 Å². The molecule has 10 heteroatoms. The van der Waals surface area contributed by atoms with Crippen molar-refractivity contribution in [2.45, 2.75) is 0 Å². The predicted molar refractivity (Wildman–Crippen MR) is 244 cm³/mol. The van der Waals surface area contributed by atoms with Crippen LogP contribution in [0, 0.1) is 0 Å². The topological polar surface area (TPSA) is 69.8 Å². The van der Waals surface area contributed by atoms with Crippen molar-refractivity contribution in [3.8, 4) is 44.5 Å². The fourth-order valence-corrected chi connectivity index (χ4v) is 8.87. The molecule has 0 spiro atoms. The molecule has 1 fully saturated rings. The summed E-state index contributed by atoms with van der Waals surface area (Å²) >= 11 is 26.8. The second kappa shape index (κ2) is 15.3. The van der Waals surface area contributed by atoms with Crippen molar-refractivity contribution in [2.24, 2.45) is 0 Å². The van der Waals surface area contributed by atoms with E-state index in [2.05, 4.69) is 81.6 Å². The van der Waals surface area contributed by atoms with Gasteiger partial charge in [-0.05, 0) is 113 Å². The second-order valence-electron chi connectivity index (χ2n) is 14.3. The van der Waals surface area contributed by atoms with Crippen molar-refractivity contribution in [2.75, 3.05) is 31.2 Å². The molecule has 0 atom stereocenters. The number of halogens is 4. The molecule has 3 aliphatic heterocycles. The molecule has 10 rings (SSSR count). The van der Waals surface area contributed by atoms with Crippen LogP contribution in [-0.4, -0.2) is 46.2 Å². The molecular weight excluding hydrogens is 804 g/mol. The highest BCUT2D eigenvalue weighted by Gasteiger charge is 2.23. The van der Waals surface area contributed by atoms with Gasteiger partial charge < -0.3 is 19.6 Å². The van der Waals surface area contributed by atoms with E-state index < -0.39 is 0 Å². The summed E-state index contributed by atoms with van der Waals surface area (Å²) in [5, 5.41) is 2.51. The third kappa shape index (κ3) is 6.91. The number of morpholine rings is 1. The van der Waals surface area contributed by atoms with Crippen LogP contribution in [0.5, 0.6) is 0 Å². The number of aromatic amines is 2. The van der Waals surface area contributed by atoms with Gasteiger partial charge in [0.1, 0.15) is 0 Å². The minimum atomic E-state index is 0.613. The molecule has 3 aromatic heterocycles. The highest BCUT2D eigenvalue weighted by Crippen LogP contribution is 2.42. The van der Waals surface area contributed by atoms with Gasteiger partial charge in [0.25, 0.3) is 0 Å². The summed E-state index contributed by atoms with van der Waals surface area (Å²) in [6, 6.07) is 38.0. The van der Waals surface area contributed by atoms with Crippen molar-refractivity contribution in [1.29, 1.82) is 0 Å². The molecule has 0 radical (unpaired) electrons. The summed E-state index contributed by atoms with van der Waals surface area (Å²) in [6.07, 6.45) is 8.29. The zero-order valence-electron chi connectivity index (χ0n) is 30.9. The normalized spacial score (nSPS) is 13.7. The molecule has 1 saturated heterocycles. The van der Waals surface area contributed by atoms with Crippen LogP contribution in [0.4, 0.5) is 5.69 Å². The molecule has 58 heavy (non-hydrogen) atoms. The molecule has 0 aliphatic carbocycles. The van der Waals surface area contributed by atoms with Gasteiger partial charge >= 0.3 is 0 Å². The molecule has 8 bridgehead atoms. The molecule has 6 nitrogen and oxygen atoms in total. The standard InChI is InChI=1S/C48H33Cl4N5O/c49-32-9-1-5-28(23-32)44-36-13-14-37(53-36)45(29-6-2-10-33(50)24-29)39-17-18-41(55-39)47(31-8-4-12-35(52)26-31)48-43(57-19-21-58-22-20-57)27-42(56-48)46(40-16-15-38(44)54-40)30-7-3-11-34(51)25-30/h1-18,23-27,53,56H,19-22H2. The number of aromatic nitrogens is 4. The number of hydrogen-bond acceptors (Lipinski definition) is 4. The Morgan fingerprint density at radius 3 is 1.28 bits per heavy atom. The lowest BCUT2D eigenvalue weighted by atomic mass is 10.0. The average molecular weight is 838 g/mol. The first-order valence-corrected chi connectivity index (χ1v) is 20.4. The molecule has 0 unspecified atom stereocenters. The molecule has 2 N–H and O–H groups in total. The van der Waals surface area contributed by atoms with E-state index in [4.69, 9.17) is 61.1 Å². The Kier molecular flexibility index (Phi) is 9.68. The van der Waals surface area contributed by atoms with Crippen LogP contribution >= 0.6 is 46.4 Å². The molecule has 0 amide bonds. The van der Waals surface area contributed by atoms with Gasteiger partial charge in [-0.1, -0.05) is 94.9 Å². The number of hydrogen-bond donors (Lipinski definition) is 2. The van der Waals surface area contributed by atoms with Gasteiger partial charge in [-0.3, -0.25) is 0 Å². The maximum absolute atomic E-state index is 6.75. The zero-order chi connectivity index (χ0) is 39.3. The van der Waals surface area contributed by atoms with E-state index in [0.717, 1.165) is 108 Å². The lowest BCUT2D eigenvalue weighted by molar-refractivity contribution is 0.123. The molecule has 4 aromatic carbocycles. The minimum Gasteiger partial charge on any atom is -0.378 e. The lowest BCUT2D eigenvalue weighted by Crippen LogP contribution is -2.36. The summed E-state index contributed by atoms with van der Waals surface area (Å²) in [5.74, 6) is 0. The number of nitrogens with zero attached hydrogens (tertiary/aromatic N) is 3. The first kappa shape index (κ1) is 36.7. The number of fused-ring (bicyclic) bond motifs is 8. The molecular formula is C48H33Cl4N5O. The molecule has 0 saturated carbocycles. The summed E-state index contributed by atoms with van der Waals surface area (Å²) in [4.78, 5) is 20.9. The number of anilines is 1. The van der Waals surface area contributed by atoms with Gasteiger partial charge in [-0.15, -0.1) is 0 Å². The van der Waals surface area contributed by atoms with Crippen LogP contribution < -0.4 is 4.90 Å². The van der Waals surface area contributed by atoms with Gasteiger partial charge in [-0.2, -0.15) is 0 Å². The number of nitrogens with one attached hydrogen (secondary N) is 2. The van der Waals surface area contributed by atoms with Crippen LogP contribution in [-0.2, 0) is 4.74 Å². The van der Waals surface area contributed by atoms with E-state index in [0.29, 0.717) is 33.3 Å². The van der Waals surface area contributed by atoms with Crippen molar-refractivity contribution in [1.82, 2.24) is 19.9 Å². The maximum atomic E-state index is 6.75. The van der Waals surface area contributed by atoms with E-state index in [1.165, 1.54) is 0 Å². The number of rotatable bonds is 5. The Bertz CT molecular complexity index is 3010. The minimum absolute atomic E-state index is 0.613. The van der Waals surface area contributed by atoms with Crippen molar-refractivity contribution >= 4 is 98.5 Å². The number of ether oxygens (including phenoxy) is 1. The summed E-state index contributed by atoms with van der Waals surface area (Å²) in [5.41, 5.74) is 14.9. The fraction of sp³-hybridized carbons (Fsp3) is 0.0833. The van der Waals surface area contributed by atoms with Gasteiger partial charge in [-0.25, -0.2) is 9.97 Å². The molecule has 6 heterocycles. The van der Waals surface area contributed by atoms with Gasteiger partial charge in [0.2, 0.25) is 0 Å².